The van der Waals surface area contributed by atoms with Crippen molar-refractivity contribution in [3.8, 4) is 6.07 Å². The molecule has 21 heavy (non-hydrogen) atoms. The molecular formula is C16H10ClN3O. The van der Waals surface area contributed by atoms with Gasteiger partial charge >= 0.3 is 0 Å². The standard InChI is InChI=1S/C16H10ClN3O/c17-11-4-5-15-13(7-11)14(9-19-15)16(21)20-12-3-1-2-10(6-12)8-18/h1-7,9,19H,(H,20,21). The lowest BCUT2D eigenvalue weighted by atomic mass is 10.1. The molecule has 1 aromatic heterocycles. The van der Waals surface area contributed by atoms with E-state index in [0.29, 0.717) is 21.8 Å². The van der Waals surface area contributed by atoms with Crippen molar-refractivity contribution in [1.82, 2.24) is 4.98 Å². The highest BCUT2D eigenvalue weighted by atomic mass is 35.5. The van der Waals surface area contributed by atoms with Crippen LogP contribution in [0.2, 0.25) is 5.02 Å². The number of benzene rings is 2. The first-order valence-corrected chi connectivity index (χ1v) is 6.63. The third-order valence-corrected chi connectivity index (χ3v) is 3.37. The monoisotopic (exact) mass is 295 g/mol. The number of carbonyl (C=O) groups is 1. The smallest absolute Gasteiger partial charge is 0.257 e. The van der Waals surface area contributed by atoms with E-state index >= 15 is 0 Å². The van der Waals surface area contributed by atoms with Crippen molar-refractivity contribution in [2.75, 3.05) is 5.32 Å². The van der Waals surface area contributed by atoms with Gasteiger partial charge in [0, 0.05) is 27.8 Å². The average Bonchev–Trinajstić information content (AvgIpc) is 2.90. The topological polar surface area (TPSA) is 68.7 Å². The van der Waals surface area contributed by atoms with Crippen LogP contribution in [0.1, 0.15) is 15.9 Å². The molecule has 1 heterocycles. The van der Waals surface area contributed by atoms with Crippen LogP contribution in [-0.4, -0.2) is 10.9 Å². The number of nitrogens with zero attached hydrogens (tertiary/aromatic N) is 1. The van der Waals surface area contributed by atoms with Crippen LogP contribution in [0.15, 0.2) is 48.7 Å². The van der Waals surface area contributed by atoms with Crippen LogP contribution >= 0.6 is 11.6 Å². The van der Waals surface area contributed by atoms with E-state index in [4.69, 9.17) is 16.9 Å². The van der Waals surface area contributed by atoms with Gasteiger partial charge in [-0.2, -0.15) is 5.26 Å². The summed E-state index contributed by atoms with van der Waals surface area (Å²) in [5, 5.41) is 13.0. The molecule has 0 aliphatic rings. The molecule has 3 rings (SSSR count). The van der Waals surface area contributed by atoms with Gasteiger partial charge in [-0.05, 0) is 36.4 Å². The molecule has 0 aliphatic heterocycles. The van der Waals surface area contributed by atoms with Crippen LogP contribution < -0.4 is 5.32 Å². The molecule has 0 atom stereocenters. The molecule has 3 aromatic rings. The minimum Gasteiger partial charge on any atom is -0.360 e. The summed E-state index contributed by atoms with van der Waals surface area (Å²) in [6.45, 7) is 0. The molecule has 0 radical (unpaired) electrons. The van der Waals surface area contributed by atoms with E-state index in [0.717, 1.165) is 10.9 Å². The maximum absolute atomic E-state index is 12.3. The Labute approximate surface area is 126 Å². The fraction of sp³-hybridized carbons (Fsp3) is 0. The molecule has 0 aliphatic carbocycles. The first kappa shape index (κ1) is 13.2. The summed E-state index contributed by atoms with van der Waals surface area (Å²) < 4.78 is 0. The van der Waals surface area contributed by atoms with Gasteiger partial charge in [0.15, 0.2) is 0 Å². The lowest BCUT2D eigenvalue weighted by Crippen LogP contribution is -2.11. The number of nitrogens with one attached hydrogen (secondary N) is 2. The van der Waals surface area contributed by atoms with E-state index < -0.39 is 0 Å². The molecule has 0 spiro atoms. The van der Waals surface area contributed by atoms with E-state index in [1.54, 1.807) is 42.6 Å². The summed E-state index contributed by atoms with van der Waals surface area (Å²) in [4.78, 5) is 15.4. The van der Waals surface area contributed by atoms with E-state index in [9.17, 15) is 4.79 Å². The highest BCUT2D eigenvalue weighted by molar-refractivity contribution is 6.31. The quantitative estimate of drug-likeness (QED) is 0.751. The Morgan fingerprint density at radius 1 is 1.24 bits per heavy atom. The van der Waals surface area contributed by atoms with Crippen molar-refractivity contribution in [1.29, 1.82) is 5.26 Å². The fourth-order valence-corrected chi connectivity index (χ4v) is 2.32. The second-order valence-corrected chi connectivity index (χ2v) is 4.98. The van der Waals surface area contributed by atoms with E-state index in [2.05, 4.69) is 10.3 Å². The number of halogens is 1. The van der Waals surface area contributed by atoms with Gasteiger partial charge < -0.3 is 10.3 Å². The van der Waals surface area contributed by atoms with Gasteiger partial charge in [-0.1, -0.05) is 17.7 Å². The minimum absolute atomic E-state index is 0.251. The normalized spacial score (nSPS) is 10.3. The molecule has 0 bridgehead atoms. The van der Waals surface area contributed by atoms with Crippen molar-refractivity contribution in [3.05, 3.63) is 64.8 Å². The van der Waals surface area contributed by atoms with Crippen LogP contribution in [-0.2, 0) is 0 Å². The Hall–Kier alpha value is -2.77. The molecule has 102 valence electrons. The number of hydrogen-bond acceptors (Lipinski definition) is 2. The summed E-state index contributed by atoms with van der Waals surface area (Å²) in [5.41, 5.74) is 2.43. The average molecular weight is 296 g/mol. The molecule has 0 fully saturated rings. The number of fused-ring (bicyclic) bond motifs is 1. The van der Waals surface area contributed by atoms with Crippen molar-refractivity contribution in [2.24, 2.45) is 0 Å². The first-order chi connectivity index (χ1) is 10.2. The highest BCUT2D eigenvalue weighted by Gasteiger charge is 2.12. The van der Waals surface area contributed by atoms with Crippen LogP contribution in [0.5, 0.6) is 0 Å². The number of aromatic nitrogens is 1. The largest absolute Gasteiger partial charge is 0.360 e. The molecule has 2 N–H and O–H groups in total. The predicted octanol–water partition coefficient (Wildman–Crippen LogP) is 3.95. The Balaban J connectivity index is 1.94. The molecule has 0 saturated carbocycles. The van der Waals surface area contributed by atoms with Crippen molar-refractivity contribution in [2.45, 2.75) is 0 Å². The van der Waals surface area contributed by atoms with E-state index in [1.807, 2.05) is 12.1 Å². The van der Waals surface area contributed by atoms with E-state index in [-0.39, 0.29) is 5.91 Å². The number of hydrogen-bond donors (Lipinski definition) is 2. The summed E-state index contributed by atoms with van der Waals surface area (Å²) in [6, 6.07) is 14.1. The summed E-state index contributed by atoms with van der Waals surface area (Å²) >= 11 is 5.97. The van der Waals surface area contributed by atoms with Gasteiger partial charge in [0.25, 0.3) is 5.91 Å². The van der Waals surface area contributed by atoms with Crippen LogP contribution in [0.4, 0.5) is 5.69 Å². The Morgan fingerprint density at radius 2 is 2.10 bits per heavy atom. The van der Waals surface area contributed by atoms with Crippen LogP contribution in [0.25, 0.3) is 10.9 Å². The number of aromatic amines is 1. The molecule has 1 amide bonds. The fourth-order valence-electron chi connectivity index (χ4n) is 2.15. The summed E-state index contributed by atoms with van der Waals surface area (Å²) in [5.74, 6) is -0.251. The maximum atomic E-state index is 12.3. The maximum Gasteiger partial charge on any atom is 0.257 e. The zero-order valence-corrected chi connectivity index (χ0v) is 11.6. The zero-order chi connectivity index (χ0) is 14.8. The van der Waals surface area contributed by atoms with Crippen LogP contribution in [0.3, 0.4) is 0 Å². The number of rotatable bonds is 2. The molecule has 5 heteroatoms. The number of anilines is 1. The van der Waals surface area contributed by atoms with Gasteiger partial charge in [-0.3, -0.25) is 4.79 Å². The van der Waals surface area contributed by atoms with Gasteiger partial charge in [0.05, 0.1) is 17.2 Å². The van der Waals surface area contributed by atoms with E-state index in [1.165, 1.54) is 0 Å². The molecule has 0 saturated heterocycles. The molecule has 4 nitrogen and oxygen atoms in total. The molecule has 0 unspecified atom stereocenters. The van der Waals surface area contributed by atoms with Crippen LogP contribution in [0, 0.1) is 11.3 Å². The first-order valence-electron chi connectivity index (χ1n) is 6.25. The number of H-pyrrole nitrogens is 1. The van der Waals surface area contributed by atoms with Crippen molar-refractivity contribution >= 4 is 34.1 Å². The lowest BCUT2D eigenvalue weighted by molar-refractivity contribution is 0.102. The predicted molar refractivity (Wildman–Crippen MR) is 82.4 cm³/mol. The summed E-state index contributed by atoms with van der Waals surface area (Å²) in [7, 11) is 0. The summed E-state index contributed by atoms with van der Waals surface area (Å²) in [6.07, 6.45) is 1.64. The highest BCUT2D eigenvalue weighted by Crippen LogP contribution is 2.23. The Kier molecular flexibility index (Phi) is 3.35. The Bertz CT molecular complexity index is 877. The van der Waals surface area contributed by atoms with Gasteiger partial charge in [-0.15, -0.1) is 0 Å². The molecular weight excluding hydrogens is 286 g/mol. The number of carbonyl (C=O) groups excluding carboxylic acids is 1. The lowest BCUT2D eigenvalue weighted by Gasteiger charge is -2.04. The molecule has 2 aromatic carbocycles. The van der Waals surface area contributed by atoms with Gasteiger partial charge in [0.1, 0.15) is 0 Å². The van der Waals surface area contributed by atoms with Crippen molar-refractivity contribution < 1.29 is 4.79 Å². The minimum atomic E-state index is -0.251. The second kappa shape index (κ2) is 5.31. The Morgan fingerprint density at radius 3 is 2.90 bits per heavy atom. The number of nitriles is 1. The van der Waals surface area contributed by atoms with Gasteiger partial charge in [0.2, 0.25) is 0 Å². The third kappa shape index (κ3) is 2.60. The number of amides is 1. The van der Waals surface area contributed by atoms with Crippen molar-refractivity contribution in [3.63, 3.8) is 0 Å². The SMILES string of the molecule is N#Cc1cccc(NC(=O)c2c[nH]c3ccc(Cl)cc23)c1. The van der Waals surface area contributed by atoms with Gasteiger partial charge in [-0.25, -0.2) is 0 Å². The second-order valence-electron chi connectivity index (χ2n) is 4.54. The zero-order valence-electron chi connectivity index (χ0n) is 10.9. The third-order valence-electron chi connectivity index (χ3n) is 3.14.